The zero-order chi connectivity index (χ0) is 23.0. The van der Waals surface area contributed by atoms with Crippen LogP contribution in [-0.2, 0) is 25.8 Å². The van der Waals surface area contributed by atoms with Crippen molar-refractivity contribution in [2.75, 3.05) is 20.6 Å². The molecule has 1 aliphatic rings. The van der Waals surface area contributed by atoms with Gasteiger partial charge in [0, 0.05) is 42.5 Å². The van der Waals surface area contributed by atoms with Gasteiger partial charge in [-0.1, -0.05) is 17.7 Å². The van der Waals surface area contributed by atoms with E-state index in [1.165, 1.54) is 24.4 Å². The molecule has 1 N–H and O–H groups in total. The zero-order valence-corrected chi connectivity index (χ0v) is 18.3. The molecule has 0 aliphatic carbocycles. The summed E-state index contributed by atoms with van der Waals surface area (Å²) in [5, 5.41) is 2.69. The highest BCUT2D eigenvalue weighted by molar-refractivity contribution is 6.35. The minimum atomic E-state index is -4.65. The van der Waals surface area contributed by atoms with Gasteiger partial charge >= 0.3 is 6.18 Å². The number of hydrogen-bond donors (Lipinski definition) is 1. The van der Waals surface area contributed by atoms with Gasteiger partial charge in [0.1, 0.15) is 5.69 Å². The molecule has 0 bridgehead atoms. The van der Waals surface area contributed by atoms with Crippen LogP contribution in [-0.4, -0.2) is 45.9 Å². The van der Waals surface area contributed by atoms with Gasteiger partial charge in [0.25, 0.3) is 0 Å². The van der Waals surface area contributed by atoms with E-state index in [9.17, 15) is 18.0 Å². The van der Waals surface area contributed by atoms with Crippen molar-refractivity contribution in [3.05, 3.63) is 69.6 Å². The Hall–Kier alpha value is -2.75. The molecule has 1 aromatic carbocycles. The van der Waals surface area contributed by atoms with E-state index in [-0.39, 0.29) is 11.1 Å². The Balaban J connectivity index is 1.68. The molecule has 1 aliphatic heterocycles. The fourth-order valence-corrected chi connectivity index (χ4v) is 4.06. The minimum absolute atomic E-state index is 0.145. The number of halogens is 4. The summed E-state index contributed by atoms with van der Waals surface area (Å²) in [6.07, 6.45) is -2.45. The number of nitrogens with one attached hydrogen (secondary N) is 1. The summed E-state index contributed by atoms with van der Waals surface area (Å²) in [6, 6.07) is 6.48. The van der Waals surface area contributed by atoms with Crippen molar-refractivity contribution in [1.29, 1.82) is 0 Å². The van der Waals surface area contributed by atoms with Gasteiger partial charge in [-0.2, -0.15) is 13.2 Å². The molecule has 3 heterocycles. The molecule has 0 atom stereocenters. The van der Waals surface area contributed by atoms with Crippen molar-refractivity contribution >= 4 is 17.4 Å². The Morgan fingerprint density at radius 2 is 2.03 bits per heavy atom. The van der Waals surface area contributed by atoms with Gasteiger partial charge in [0.15, 0.2) is 11.6 Å². The first-order valence-corrected chi connectivity index (χ1v) is 10.3. The van der Waals surface area contributed by atoms with Gasteiger partial charge in [-0.3, -0.25) is 14.7 Å². The van der Waals surface area contributed by atoms with Gasteiger partial charge in [-0.15, -0.1) is 0 Å². The molecule has 0 saturated heterocycles. The van der Waals surface area contributed by atoms with Crippen molar-refractivity contribution in [3.8, 4) is 11.5 Å². The van der Waals surface area contributed by atoms with Crippen LogP contribution in [0.3, 0.4) is 0 Å². The van der Waals surface area contributed by atoms with Crippen molar-refractivity contribution < 1.29 is 18.0 Å². The highest BCUT2D eigenvalue weighted by Gasteiger charge is 2.34. The van der Waals surface area contributed by atoms with Crippen LogP contribution in [0.4, 0.5) is 13.2 Å². The molecule has 32 heavy (non-hydrogen) atoms. The van der Waals surface area contributed by atoms with Gasteiger partial charge < -0.3 is 9.88 Å². The van der Waals surface area contributed by atoms with E-state index in [0.717, 1.165) is 30.4 Å². The van der Waals surface area contributed by atoms with Crippen molar-refractivity contribution in [2.24, 2.45) is 0 Å². The number of imidazole rings is 1. The van der Waals surface area contributed by atoms with E-state index in [1.807, 2.05) is 19.0 Å². The largest absolute Gasteiger partial charge is 0.417 e. The second-order valence-electron chi connectivity index (χ2n) is 7.83. The molecule has 0 amide bonds. The number of nitrogens with zero attached hydrogens (tertiary/aromatic N) is 4. The highest BCUT2D eigenvalue weighted by atomic mass is 35.5. The first kappa shape index (κ1) is 22.4. The van der Waals surface area contributed by atoms with E-state index < -0.39 is 22.5 Å². The lowest BCUT2D eigenvalue weighted by molar-refractivity contribution is -0.137. The molecular weight excluding hydrogens is 443 g/mol. The number of aromatic nitrogens is 3. The van der Waals surface area contributed by atoms with Crippen LogP contribution in [0, 0.1) is 0 Å². The number of carbonyl (C=O) groups is 1. The second-order valence-corrected chi connectivity index (χ2v) is 8.21. The lowest BCUT2D eigenvalue weighted by atomic mass is 10.0. The Kier molecular flexibility index (Phi) is 6.07. The van der Waals surface area contributed by atoms with Crippen molar-refractivity contribution in [3.63, 3.8) is 0 Å². The standard InChI is InChI=1S/C22H21ClF3N5O/c1-30(2)12-31-18-8-9-27-11-17(18)29-21(31)16-7-6-13(10-28-16)20(32)14-4-3-5-15(19(14)23)22(24,25)26/h3-7,10,27H,8-9,11-12H2,1-2H3. The summed E-state index contributed by atoms with van der Waals surface area (Å²) in [4.78, 5) is 24.0. The summed E-state index contributed by atoms with van der Waals surface area (Å²) in [5.74, 6) is 0.0591. The average molecular weight is 464 g/mol. The summed E-state index contributed by atoms with van der Waals surface area (Å²) in [6.45, 7) is 2.16. The van der Waals surface area contributed by atoms with Crippen LogP contribution in [0.2, 0.25) is 5.02 Å². The molecule has 0 radical (unpaired) electrons. The van der Waals surface area contributed by atoms with Crippen molar-refractivity contribution in [1.82, 2.24) is 24.8 Å². The SMILES string of the molecule is CN(C)Cn1c(-c2ccc(C(=O)c3cccc(C(F)(F)F)c3Cl)cn2)nc2c1CCNC2. The van der Waals surface area contributed by atoms with E-state index in [4.69, 9.17) is 16.6 Å². The number of hydrogen-bond acceptors (Lipinski definition) is 5. The molecule has 0 spiro atoms. The van der Waals surface area contributed by atoms with E-state index in [0.29, 0.717) is 24.7 Å². The fourth-order valence-electron chi connectivity index (χ4n) is 3.74. The molecule has 4 rings (SSSR count). The molecule has 0 saturated carbocycles. The van der Waals surface area contributed by atoms with E-state index in [1.54, 1.807) is 6.07 Å². The van der Waals surface area contributed by atoms with Gasteiger partial charge in [-0.05, 0) is 38.4 Å². The Labute approximate surface area is 188 Å². The average Bonchev–Trinajstić information content (AvgIpc) is 3.10. The molecule has 10 heteroatoms. The normalized spacial score (nSPS) is 14.0. The molecular formula is C22H21ClF3N5O. The maximum atomic E-state index is 13.1. The van der Waals surface area contributed by atoms with Crippen LogP contribution >= 0.6 is 11.6 Å². The number of ketones is 1. The fraction of sp³-hybridized carbons (Fsp3) is 0.318. The monoisotopic (exact) mass is 463 g/mol. The van der Waals surface area contributed by atoms with E-state index >= 15 is 0 Å². The van der Waals surface area contributed by atoms with Gasteiger partial charge in [-0.25, -0.2) is 4.98 Å². The third kappa shape index (κ3) is 4.28. The first-order valence-electron chi connectivity index (χ1n) is 9.97. The molecule has 6 nitrogen and oxygen atoms in total. The number of rotatable bonds is 5. The number of carbonyl (C=O) groups excluding carboxylic acids is 1. The van der Waals surface area contributed by atoms with Gasteiger partial charge in [0.2, 0.25) is 0 Å². The number of pyridine rings is 1. The van der Waals surface area contributed by atoms with Crippen LogP contribution < -0.4 is 5.32 Å². The maximum Gasteiger partial charge on any atom is 0.417 e. The summed E-state index contributed by atoms with van der Waals surface area (Å²) in [7, 11) is 3.93. The third-order valence-electron chi connectivity index (χ3n) is 5.21. The van der Waals surface area contributed by atoms with Crippen molar-refractivity contribution in [2.45, 2.75) is 25.8 Å². The highest BCUT2D eigenvalue weighted by Crippen LogP contribution is 2.37. The van der Waals surface area contributed by atoms with Crippen LogP contribution in [0.25, 0.3) is 11.5 Å². The summed E-state index contributed by atoms with van der Waals surface area (Å²) < 4.78 is 41.5. The van der Waals surface area contributed by atoms with E-state index in [2.05, 4.69) is 14.9 Å². The number of fused-ring (bicyclic) bond motifs is 1. The lowest BCUT2D eigenvalue weighted by Gasteiger charge is -2.19. The smallest absolute Gasteiger partial charge is 0.313 e. The molecule has 0 unspecified atom stereocenters. The predicted octanol–water partition coefficient (Wildman–Crippen LogP) is 4.01. The zero-order valence-electron chi connectivity index (χ0n) is 17.5. The Bertz CT molecular complexity index is 1160. The summed E-state index contributed by atoms with van der Waals surface area (Å²) >= 11 is 5.91. The minimum Gasteiger partial charge on any atom is -0.313 e. The third-order valence-corrected chi connectivity index (χ3v) is 5.62. The molecule has 3 aromatic rings. The molecule has 0 fully saturated rings. The van der Waals surface area contributed by atoms with Crippen LogP contribution in [0.1, 0.15) is 32.9 Å². The molecule has 168 valence electrons. The first-order chi connectivity index (χ1) is 15.2. The number of alkyl halides is 3. The Morgan fingerprint density at radius 3 is 2.69 bits per heavy atom. The maximum absolute atomic E-state index is 13.1. The van der Waals surface area contributed by atoms with Crippen LogP contribution in [0.5, 0.6) is 0 Å². The van der Waals surface area contributed by atoms with Gasteiger partial charge in [0.05, 0.1) is 22.9 Å². The topological polar surface area (TPSA) is 63.1 Å². The number of benzene rings is 1. The Morgan fingerprint density at radius 1 is 1.25 bits per heavy atom. The van der Waals surface area contributed by atoms with Crippen LogP contribution in [0.15, 0.2) is 36.5 Å². The predicted molar refractivity (Wildman–Crippen MR) is 114 cm³/mol. The molecule has 2 aromatic heterocycles. The quantitative estimate of drug-likeness (QED) is 0.579. The second kappa shape index (κ2) is 8.65. The summed E-state index contributed by atoms with van der Waals surface area (Å²) in [5.41, 5.74) is 1.57. The lowest BCUT2D eigenvalue weighted by Crippen LogP contribution is -2.27.